The molecule has 0 aliphatic rings. The largest absolute Gasteiger partial charge is 0.476 e. The van der Waals surface area contributed by atoms with Crippen molar-refractivity contribution in [3.05, 3.63) is 82.7 Å². The normalized spacial score (nSPS) is 10.7. The molecule has 23 heavy (non-hydrogen) atoms. The molecule has 0 aliphatic carbocycles. The molecule has 2 aromatic carbocycles. The number of benzene rings is 2. The Hall–Kier alpha value is -2.95. The van der Waals surface area contributed by atoms with Crippen LogP contribution in [0.2, 0.25) is 0 Å². The van der Waals surface area contributed by atoms with Crippen LogP contribution in [0.3, 0.4) is 0 Å². The van der Waals surface area contributed by atoms with Crippen molar-refractivity contribution in [2.24, 2.45) is 0 Å². The standard InChI is InChI=1S/C18H17N3O2/c1-13-7-9-15(10-8-13)12-21-16(17(18(22)23)19-20-21)11-14-5-3-2-4-6-14/h2-10H,11-12H2,1H3,(H,22,23). The molecule has 5 nitrogen and oxygen atoms in total. The average Bonchev–Trinajstić information content (AvgIpc) is 2.93. The van der Waals surface area contributed by atoms with Crippen molar-refractivity contribution >= 4 is 5.97 Å². The molecular weight excluding hydrogens is 290 g/mol. The molecule has 0 radical (unpaired) electrons. The molecule has 0 saturated heterocycles. The highest BCUT2D eigenvalue weighted by Gasteiger charge is 2.19. The zero-order valence-corrected chi connectivity index (χ0v) is 12.8. The molecule has 0 bridgehead atoms. The minimum atomic E-state index is -1.05. The van der Waals surface area contributed by atoms with Crippen molar-refractivity contribution < 1.29 is 9.90 Å². The third-order valence-corrected chi connectivity index (χ3v) is 3.71. The van der Waals surface area contributed by atoms with Crippen molar-refractivity contribution in [1.82, 2.24) is 15.0 Å². The number of carbonyl (C=O) groups is 1. The van der Waals surface area contributed by atoms with Crippen LogP contribution in [0.5, 0.6) is 0 Å². The smallest absolute Gasteiger partial charge is 0.358 e. The molecule has 116 valence electrons. The minimum absolute atomic E-state index is 0.0148. The Kier molecular flexibility index (Phi) is 4.19. The summed E-state index contributed by atoms with van der Waals surface area (Å²) in [5, 5.41) is 17.2. The Morgan fingerprint density at radius 1 is 1.04 bits per heavy atom. The number of aryl methyl sites for hydroxylation is 1. The van der Waals surface area contributed by atoms with E-state index >= 15 is 0 Å². The summed E-state index contributed by atoms with van der Waals surface area (Å²) in [7, 11) is 0. The summed E-state index contributed by atoms with van der Waals surface area (Å²) in [6.45, 7) is 2.53. The first-order valence-electron chi connectivity index (χ1n) is 7.38. The van der Waals surface area contributed by atoms with E-state index in [0.29, 0.717) is 18.7 Å². The lowest BCUT2D eigenvalue weighted by atomic mass is 10.1. The van der Waals surface area contributed by atoms with Crippen LogP contribution >= 0.6 is 0 Å². The molecule has 1 N–H and O–H groups in total. The van der Waals surface area contributed by atoms with Gasteiger partial charge in [0.2, 0.25) is 0 Å². The maximum absolute atomic E-state index is 11.4. The van der Waals surface area contributed by atoms with Gasteiger partial charge in [-0.25, -0.2) is 9.48 Å². The Balaban J connectivity index is 1.93. The van der Waals surface area contributed by atoms with Gasteiger partial charge in [0.25, 0.3) is 0 Å². The molecule has 0 unspecified atom stereocenters. The lowest BCUT2D eigenvalue weighted by Gasteiger charge is -2.08. The molecule has 3 rings (SSSR count). The highest BCUT2D eigenvalue weighted by molar-refractivity contribution is 5.86. The van der Waals surface area contributed by atoms with Crippen molar-refractivity contribution in [3.63, 3.8) is 0 Å². The Morgan fingerprint density at radius 3 is 2.39 bits per heavy atom. The monoisotopic (exact) mass is 307 g/mol. The van der Waals surface area contributed by atoms with Crippen molar-refractivity contribution in [2.75, 3.05) is 0 Å². The van der Waals surface area contributed by atoms with Gasteiger partial charge in [0.15, 0.2) is 5.69 Å². The second kappa shape index (κ2) is 6.44. The van der Waals surface area contributed by atoms with E-state index in [4.69, 9.17) is 0 Å². The number of hydrogen-bond donors (Lipinski definition) is 1. The van der Waals surface area contributed by atoms with Crippen LogP contribution in [0.1, 0.15) is 32.9 Å². The lowest BCUT2D eigenvalue weighted by molar-refractivity contribution is 0.0689. The van der Waals surface area contributed by atoms with Crippen LogP contribution < -0.4 is 0 Å². The topological polar surface area (TPSA) is 68.0 Å². The summed E-state index contributed by atoms with van der Waals surface area (Å²) in [4.78, 5) is 11.4. The van der Waals surface area contributed by atoms with Gasteiger partial charge in [-0.05, 0) is 18.1 Å². The highest BCUT2D eigenvalue weighted by atomic mass is 16.4. The van der Waals surface area contributed by atoms with Gasteiger partial charge in [-0.3, -0.25) is 0 Å². The first-order chi connectivity index (χ1) is 11.1. The maximum Gasteiger partial charge on any atom is 0.358 e. The zero-order chi connectivity index (χ0) is 16.2. The summed E-state index contributed by atoms with van der Waals surface area (Å²) in [5.41, 5.74) is 3.91. The molecule has 0 atom stereocenters. The quantitative estimate of drug-likeness (QED) is 0.787. The molecule has 1 aromatic heterocycles. The zero-order valence-electron chi connectivity index (χ0n) is 12.8. The van der Waals surface area contributed by atoms with E-state index in [2.05, 4.69) is 10.3 Å². The predicted octanol–water partition coefficient (Wildman–Crippen LogP) is 2.92. The molecule has 5 heteroatoms. The minimum Gasteiger partial charge on any atom is -0.476 e. The van der Waals surface area contributed by atoms with Gasteiger partial charge in [-0.15, -0.1) is 5.10 Å². The summed E-state index contributed by atoms with van der Waals surface area (Å²) in [5.74, 6) is -1.05. The molecule has 3 aromatic rings. The average molecular weight is 307 g/mol. The van der Waals surface area contributed by atoms with Gasteiger partial charge < -0.3 is 5.11 Å². The summed E-state index contributed by atoms with van der Waals surface area (Å²) in [6.07, 6.45) is 0.487. The first kappa shape index (κ1) is 15.0. The Bertz CT molecular complexity index is 808. The third kappa shape index (κ3) is 3.45. The van der Waals surface area contributed by atoms with Crippen LogP contribution in [0.15, 0.2) is 54.6 Å². The van der Waals surface area contributed by atoms with Gasteiger partial charge in [-0.2, -0.15) is 0 Å². The van der Waals surface area contributed by atoms with Crippen molar-refractivity contribution in [1.29, 1.82) is 0 Å². The lowest BCUT2D eigenvalue weighted by Crippen LogP contribution is -2.10. The molecule has 0 aliphatic heterocycles. The summed E-state index contributed by atoms with van der Waals surface area (Å²) >= 11 is 0. The van der Waals surface area contributed by atoms with Gasteiger partial charge in [0, 0.05) is 6.42 Å². The van der Waals surface area contributed by atoms with E-state index in [1.807, 2.05) is 61.5 Å². The van der Waals surface area contributed by atoms with Crippen LogP contribution in [0, 0.1) is 6.92 Å². The number of carboxylic acids is 1. The molecule has 0 spiro atoms. The number of hydrogen-bond acceptors (Lipinski definition) is 3. The summed E-state index contributed by atoms with van der Waals surface area (Å²) < 4.78 is 1.67. The number of carboxylic acid groups (broad SMARTS) is 1. The van der Waals surface area contributed by atoms with E-state index in [1.165, 1.54) is 5.56 Å². The number of aromatic nitrogens is 3. The molecule has 0 amide bonds. The molecule has 0 fully saturated rings. The van der Waals surface area contributed by atoms with E-state index < -0.39 is 5.97 Å². The second-order valence-electron chi connectivity index (χ2n) is 5.50. The summed E-state index contributed by atoms with van der Waals surface area (Å²) in [6, 6.07) is 17.8. The fourth-order valence-electron chi connectivity index (χ4n) is 2.46. The van der Waals surface area contributed by atoms with Gasteiger partial charge in [0.1, 0.15) is 0 Å². The van der Waals surface area contributed by atoms with E-state index in [1.54, 1.807) is 4.68 Å². The van der Waals surface area contributed by atoms with Crippen molar-refractivity contribution in [2.45, 2.75) is 19.9 Å². The molecule has 0 saturated carbocycles. The first-order valence-corrected chi connectivity index (χ1v) is 7.38. The van der Waals surface area contributed by atoms with E-state index in [-0.39, 0.29) is 5.69 Å². The number of nitrogens with zero attached hydrogens (tertiary/aromatic N) is 3. The van der Waals surface area contributed by atoms with Crippen LogP contribution in [-0.4, -0.2) is 26.1 Å². The van der Waals surface area contributed by atoms with Gasteiger partial charge in [0.05, 0.1) is 12.2 Å². The fourth-order valence-corrected chi connectivity index (χ4v) is 2.46. The van der Waals surface area contributed by atoms with Gasteiger partial charge in [-0.1, -0.05) is 65.4 Å². The second-order valence-corrected chi connectivity index (χ2v) is 5.50. The number of rotatable bonds is 5. The molecule has 1 heterocycles. The Labute approximate surface area is 134 Å². The van der Waals surface area contributed by atoms with Crippen molar-refractivity contribution in [3.8, 4) is 0 Å². The highest BCUT2D eigenvalue weighted by Crippen LogP contribution is 2.15. The third-order valence-electron chi connectivity index (χ3n) is 3.71. The van der Waals surface area contributed by atoms with E-state index in [0.717, 1.165) is 11.1 Å². The predicted molar refractivity (Wildman–Crippen MR) is 86.5 cm³/mol. The van der Waals surface area contributed by atoms with E-state index in [9.17, 15) is 9.90 Å². The molecular formula is C18H17N3O2. The maximum atomic E-state index is 11.4. The van der Waals surface area contributed by atoms with Crippen LogP contribution in [-0.2, 0) is 13.0 Å². The van der Waals surface area contributed by atoms with Crippen LogP contribution in [0.25, 0.3) is 0 Å². The Morgan fingerprint density at radius 2 is 1.74 bits per heavy atom. The van der Waals surface area contributed by atoms with Gasteiger partial charge >= 0.3 is 5.97 Å². The SMILES string of the molecule is Cc1ccc(Cn2nnc(C(=O)O)c2Cc2ccccc2)cc1. The fraction of sp³-hybridized carbons (Fsp3) is 0.167. The number of aromatic carboxylic acids is 1. The van der Waals surface area contributed by atoms with Crippen LogP contribution in [0.4, 0.5) is 0 Å².